The molecule has 0 aromatic carbocycles. The number of ketones is 1. The zero-order valence-corrected chi connectivity index (χ0v) is 16.5. The van der Waals surface area contributed by atoms with E-state index in [9.17, 15) is 18.0 Å². The Kier molecular flexibility index (Phi) is 7.37. The van der Waals surface area contributed by atoms with Gasteiger partial charge in [0.15, 0.2) is 5.96 Å². The van der Waals surface area contributed by atoms with Gasteiger partial charge < -0.3 is 21.9 Å². The number of guanidine groups is 1. The van der Waals surface area contributed by atoms with E-state index >= 15 is 0 Å². The standard InChI is InChI=1S/C10H16O4S.C6H14N4O2/c1-9(2)7-3-4-10(9,8(11)5-7)6-15(12,13)14;7-4(5(11)12)2-1-3-10-6(8)9/h7H,3-6H2,1-2H3,(H,12,13,14);4H,1-3,7H2,(H,11,12)(H4,8,9,10). The van der Waals surface area contributed by atoms with Crippen LogP contribution in [-0.4, -0.2) is 54.1 Å². The highest BCUT2D eigenvalue weighted by Crippen LogP contribution is 2.64. The molecule has 2 aliphatic rings. The number of fused-ring (bicyclic) bond motifs is 2. The van der Waals surface area contributed by atoms with E-state index in [1.165, 1.54) is 0 Å². The fourth-order valence-corrected chi connectivity index (χ4v) is 5.39. The Morgan fingerprint density at radius 1 is 1.44 bits per heavy atom. The van der Waals surface area contributed by atoms with Gasteiger partial charge in [0.1, 0.15) is 11.8 Å². The summed E-state index contributed by atoms with van der Waals surface area (Å²) < 4.78 is 31.0. The van der Waals surface area contributed by atoms with Crippen molar-refractivity contribution >= 4 is 27.8 Å². The summed E-state index contributed by atoms with van der Waals surface area (Å²) in [6.45, 7) is 4.37. The molecule has 3 unspecified atom stereocenters. The molecule has 156 valence electrons. The van der Waals surface area contributed by atoms with Gasteiger partial charge in [0.05, 0.1) is 11.2 Å². The number of carboxylic acids is 1. The van der Waals surface area contributed by atoms with E-state index in [1.54, 1.807) is 0 Å². The summed E-state index contributed by atoms with van der Waals surface area (Å²) in [5.74, 6) is -1.22. The first-order valence-corrected chi connectivity index (χ1v) is 10.4. The lowest BCUT2D eigenvalue weighted by Crippen LogP contribution is -2.42. The number of rotatable bonds is 7. The minimum atomic E-state index is -4.08. The van der Waals surface area contributed by atoms with Gasteiger partial charge in [-0.15, -0.1) is 0 Å². The number of aliphatic carboxylic acids is 1. The Labute approximate surface area is 159 Å². The maximum Gasteiger partial charge on any atom is 0.320 e. The van der Waals surface area contributed by atoms with E-state index in [4.69, 9.17) is 26.5 Å². The average Bonchev–Trinajstić information content (AvgIpc) is 2.84. The lowest BCUT2D eigenvalue weighted by molar-refractivity contribution is -0.138. The molecule has 2 bridgehead atoms. The fourth-order valence-electron chi connectivity index (χ4n) is 4.09. The first-order chi connectivity index (χ1) is 12.2. The number of carboxylic acid groups (broad SMARTS) is 1. The first-order valence-electron chi connectivity index (χ1n) is 8.77. The van der Waals surface area contributed by atoms with E-state index in [0.29, 0.717) is 32.2 Å². The van der Waals surface area contributed by atoms with Crippen molar-refractivity contribution in [2.24, 2.45) is 28.2 Å². The third-order valence-corrected chi connectivity index (χ3v) is 6.75. The van der Waals surface area contributed by atoms with Gasteiger partial charge >= 0.3 is 5.97 Å². The van der Waals surface area contributed by atoms with E-state index in [0.717, 1.165) is 6.42 Å². The highest BCUT2D eigenvalue weighted by molar-refractivity contribution is 7.85. The van der Waals surface area contributed by atoms with Crippen molar-refractivity contribution in [3.63, 3.8) is 0 Å². The number of hydrogen-bond donors (Lipinski definition) is 6. The zero-order valence-electron chi connectivity index (χ0n) is 15.7. The molecule has 3 atom stereocenters. The number of carbonyl (C=O) groups is 2. The fraction of sp³-hybridized carbons (Fsp3) is 0.812. The Balaban J connectivity index is 0.000000279. The summed E-state index contributed by atoms with van der Waals surface area (Å²) in [5.41, 5.74) is 9.09. The molecule has 0 heterocycles. The van der Waals surface area contributed by atoms with Crippen molar-refractivity contribution in [2.75, 3.05) is 12.3 Å². The van der Waals surface area contributed by atoms with Gasteiger partial charge in [-0.1, -0.05) is 13.8 Å². The van der Waals surface area contributed by atoms with E-state index in [2.05, 4.69) is 5.32 Å². The molecule has 0 spiro atoms. The number of carbonyl (C=O) groups excluding carboxylic acids is 1. The molecule has 2 fully saturated rings. The van der Waals surface area contributed by atoms with Gasteiger partial charge in [-0.05, 0) is 37.0 Å². The Morgan fingerprint density at radius 3 is 2.41 bits per heavy atom. The van der Waals surface area contributed by atoms with Crippen LogP contribution in [0.2, 0.25) is 0 Å². The minimum Gasteiger partial charge on any atom is -0.480 e. The molecule has 8 N–H and O–H groups in total. The van der Waals surface area contributed by atoms with E-state index < -0.39 is 33.3 Å². The van der Waals surface area contributed by atoms with Crippen LogP contribution >= 0.6 is 0 Å². The molecule has 11 heteroatoms. The third kappa shape index (κ3) is 5.63. The van der Waals surface area contributed by atoms with Crippen molar-refractivity contribution in [1.29, 1.82) is 5.41 Å². The van der Waals surface area contributed by atoms with E-state index in [1.807, 2.05) is 13.8 Å². The van der Waals surface area contributed by atoms with Crippen LogP contribution in [0.15, 0.2) is 0 Å². The zero-order chi connectivity index (χ0) is 21.0. The molecule has 2 rings (SSSR count). The first kappa shape index (κ1) is 23.3. The maximum absolute atomic E-state index is 11.9. The van der Waals surface area contributed by atoms with Gasteiger partial charge in [0.2, 0.25) is 0 Å². The van der Waals surface area contributed by atoms with Crippen LogP contribution < -0.4 is 16.8 Å². The smallest absolute Gasteiger partial charge is 0.320 e. The van der Waals surface area contributed by atoms with Crippen molar-refractivity contribution in [3.05, 3.63) is 0 Å². The second-order valence-corrected chi connectivity index (χ2v) is 9.27. The largest absolute Gasteiger partial charge is 0.480 e. The van der Waals surface area contributed by atoms with Gasteiger partial charge in [0.25, 0.3) is 10.1 Å². The van der Waals surface area contributed by atoms with Crippen LogP contribution in [0.3, 0.4) is 0 Å². The molecule has 10 nitrogen and oxygen atoms in total. The molecule has 2 aliphatic carbocycles. The number of hydrogen-bond acceptors (Lipinski definition) is 6. The SMILES string of the molecule is CC1(C)C2CCC1(CS(=O)(=O)O)C(=O)C2.N=C(N)NCCCC(N)C(=O)O. The predicted octanol–water partition coefficient (Wildman–Crippen LogP) is -0.0688. The van der Waals surface area contributed by atoms with Crippen LogP contribution in [0.1, 0.15) is 46.0 Å². The van der Waals surface area contributed by atoms with Gasteiger partial charge in [0, 0.05) is 13.0 Å². The number of nitrogens with two attached hydrogens (primary N) is 2. The van der Waals surface area contributed by atoms with Crippen LogP contribution in [0.4, 0.5) is 0 Å². The lowest BCUT2D eigenvalue weighted by Gasteiger charge is -2.35. The molecule has 0 aromatic heterocycles. The topological polar surface area (TPSA) is 197 Å². The molecular weight excluding hydrogens is 376 g/mol. The van der Waals surface area contributed by atoms with Gasteiger partial charge in [-0.2, -0.15) is 8.42 Å². The van der Waals surface area contributed by atoms with Crippen molar-refractivity contribution < 1.29 is 27.7 Å². The lowest BCUT2D eigenvalue weighted by atomic mass is 9.70. The number of Topliss-reactive ketones (excluding diaryl/α,β-unsaturated/α-hetero) is 1. The van der Waals surface area contributed by atoms with E-state index in [-0.39, 0.29) is 23.1 Å². The quantitative estimate of drug-likeness (QED) is 0.145. The summed E-state index contributed by atoms with van der Waals surface area (Å²) in [5, 5.41) is 17.7. The van der Waals surface area contributed by atoms with Crippen LogP contribution in [0, 0.1) is 22.2 Å². The summed E-state index contributed by atoms with van der Waals surface area (Å²) in [6, 6.07) is -0.821. The van der Waals surface area contributed by atoms with Crippen LogP contribution in [0.5, 0.6) is 0 Å². The molecule has 0 amide bonds. The summed E-state index contributed by atoms with van der Waals surface area (Å²) >= 11 is 0. The molecule has 0 saturated heterocycles. The minimum absolute atomic E-state index is 0.0152. The van der Waals surface area contributed by atoms with Crippen molar-refractivity contribution in [1.82, 2.24) is 5.32 Å². The van der Waals surface area contributed by atoms with Gasteiger partial charge in [-0.3, -0.25) is 19.6 Å². The number of nitrogens with one attached hydrogen (secondary N) is 2. The maximum atomic E-state index is 11.9. The molecular formula is C16H30N4O6S. The van der Waals surface area contributed by atoms with Crippen LogP contribution in [0.25, 0.3) is 0 Å². The Bertz CT molecular complexity index is 693. The summed E-state index contributed by atoms with van der Waals surface area (Å²) in [4.78, 5) is 22.1. The second-order valence-electron chi connectivity index (χ2n) is 7.82. The predicted molar refractivity (Wildman–Crippen MR) is 99.7 cm³/mol. The molecule has 0 radical (unpaired) electrons. The normalized spacial score (nSPS) is 26.8. The molecule has 0 aliphatic heterocycles. The summed E-state index contributed by atoms with van der Waals surface area (Å²) in [6.07, 6.45) is 2.95. The third-order valence-electron chi connectivity index (χ3n) is 5.89. The van der Waals surface area contributed by atoms with Crippen molar-refractivity contribution in [2.45, 2.75) is 52.0 Å². The average molecular weight is 407 g/mol. The molecule has 2 saturated carbocycles. The van der Waals surface area contributed by atoms with Crippen molar-refractivity contribution in [3.8, 4) is 0 Å². The van der Waals surface area contributed by atoms with Gasteiger partial charge in [-0.25, -0.2) is 0 Å². The highest BCUT2D eigenvalue weighted by atomic mass is 32.2. The Morgan fingerprint density at radius 2 is 2.04 bits per heavy atom. The monoisotopic (exact) mass is 406 g/mol. The molecule has 27 heavy (non-hydrogen) atoms. The highest BCUT2D eigenvalue weighted by Gasteiger charge is 2.65. The summed E-state index contributed by atoms with van der Waals surface area (Å²) in [7, 11) is -4.08. The Hall–Kier alpha value is -1.72. The molecule has 0 aromatic rings. The second kappa shape index (κ2) is 8.53. The van der Waals surface area contributed by atoms with Crippen LogP contribution in [-0.2, 0) is 19.7 Å².